The maximum Gasteiger partial charge on any atom is 0.416 e. The molecule has 168 valence electrons. The second-order valence-corrected chi connectivity index (χ2v) is 9.30. The van der Waals surface area contributed by atoms with Crippen molar-refractivity contribution >= 4 is 10.0 Å². The van der Waals surface area contributed by atoms with E-state index in [2.05, 4.69) is 10.1 Å². The lowest BCUT2D eigenvalue weighted by Gasteiger charge is -2.35. The SMILES string of the molecule is O=S(=O)(c1ccc2c(c1)OCCO2)N1CC(c2nc(-c3cccc(C(F)(F)F)c3)no2)C1. The normalized spacial score (nSPS) is 17.2. The second-order valence-electron chi connectivity index (χ2n) is 7.36. The topological polar surface area (TPSA) is 94.8 Å². The molecule has 0 bridgehead atoms. The maximum atomic E-state index is 12.9. The summed E-state index contributed by atoms with van der Waals surface area (Å²) in [6, 6.07) is 9.04. The summed E-state index contributed by atoms with van der Waals surface area (Å²) in [7, 11) is -3.76. The molecule has 0 amide bonds. The molecule has 8 nitrogen and oxygen atoms in total. The van der Waals surface area contributed by atoms with Crippen LogP contribution in [0, 0.1) is 0 Å². The van der Waals surface area contributed by atoms with Crippen molar-refractivity contribution in [1.82, 2.24) is 14.4 Å². The van der Waals surface area contributed by atoms with Crippen molar-refractivity contribution in [3.63, 3.8) is 0 Å². The number of nitrogens with zero attached hydrogens (tertiary/aromatic N) is 3. The largest absolute Gasteiger partial charge is 0.486 e. The van der Waals surface area contributed by atoms with Crippen LogP contribution in [0.25, 0.3) is 11.4 Å². The quantitative estimate of drug-likeness (QED) is 0.581. The van der Waals surface area contributed by atoms with Crippen molar-refractivity contribution in [1.29, 1.82) is 0 Å². The van der Waals surface area contributed by atoms with Gasteiger partial charge in [-0.05, 0) is 24.3 Å². The Morgan fingerprint density at radius 2 is 1.75 bits per heavy atom. The zero-order valence-corrected chi connectivity index (χ0v) is 17.2. The minimum atomic E-state index is -4.49. The van der Waals surface area contributed by atoms with E-state index in [0.29, 0.717) is 24.7 Å². The first-order chi connectivity index (χ1) is 15.2. The zero-order chi connectivity index (χ0) is 22.5. The standard InChI is InChI=1S/C20H16F3N3O5S/c21-20(22,23)14-3-1-2-12(8-14)18-24-19(31-25-18)13-10-26(11-13)32(27,28)15-4-5-16-17(9-15)30-7-6-29-16/h1-5,8-9,13H,6-7,10-11H2. The maximum absolute atomic E-state index is 12.9. The molecule has 0 spiro atoms. The third-order valence-electron chi connectivity index (χ3n) is 5.24. The van der Waals surface area contributed by atoms with Gasteiger partial charge in [0.15, 0.2) is 11.5 Å². The van der Waals surface area contributed by atoms with Crippen molar-refractivity contribution in [2.45, 2.75) is 17.0 Å². The Morgan fingerprint density at radius 3 is 2.50 bits per heavy atom. The smallest absolute Gasteiger partial charge is 0.416 e. The van der Waals surface area contributed by atoms with Crippen LogP contribution < -0.4 is 9.47 Å². The van der Waals surface area contributed by atoms with Crippen LogP contribution in [0.3, 0.4) is 0 Å². The van der Waals surface area contributed by atoms with Gasteiger partial charge in [0.05, 0.1) is 16.4 Å². The van der Waals surface area contributed by atoms with Gasteiger partial charge in [-0.1, -0.05) is 17.3 Å². The Hall–Kier alpha value is -3.12. The molecule has 0 unspecified atom stereocenters. The van der Waals surface area contributed by atoms with Crippen molar-refractivity contribution in [3.8, 4) is 22.9 Å². The van der Waals surface area contributed by atoms with Gasteiger partial charge in [0.2, 0.25) is 21.7 Å². The van der Waals surface area contributed by atoms with E-state index >= 15 is 0 Å². The summed E-state index contributed by atoms with van der Waals surface area (Å²) >= 11 is 0. The lowest BCUT2D eigenvalue weighted by molar-refractivity contribution is -0.137. The number of fused-ring (bicyclic) bond motifs is 1. The van der Waals surface area contributed by atoms with Gasteiger partial charge in [-0.3, -0.25) is 0 Å². The van der Waals surface area contributed by atoms with E-state index in [4.69, 9.17) is 14.0 Å². The number of benzene rings is 2. The highest BCUT2D eigenvalue weighted by Crippen LogP contribution is 2.37. The van der Waals surface area contributed by atoms with Gasteiger partial charge in [-0.25, -0.2) is 8.42 Å². The predicted molar refractivity (Wildman–Crippen MR) is 104 cm³/mol. The van der Waals surface area contributed by atoms with E-state index in [0.717, 1.165) is 12.1 Å². The lowest BCUT2D eigenvalue weighted by Crippen LogP contribution is -2.48. The summed E-state index contributed by atoms with van der Waals surface area (Å²) in [5, 5.41) is 3.75. The predicted octanol–water partition coefficient (Wildman–Crippen LogP) is 3.31. The molecule has 0 aliphatic carbocycles. The van der Waals surface area contributed by atoms with Crippen LogP contribution in [0.15, 0.2) is 51.9 Å². The van der Waals surface area contributed by atoms with Gasteiger partial charge in [0.25, 0.3) is 0 Å². The first-order valence-electron chi connectivity index (χ1n) is 9.63. The number of ether oxygens (including phenoxy) is 2. The third kappa shape index (κ3) is 3.69. The fourth-order valence-corrected chi connectivity index (χ4v) is 5.02. The molecule has 2 aromatic carbocycles. The highest BCUT2D eigenvalue weighted by Gasteiger charge is 2.41. The molecule has 0 N–H and O–H groups in total. The Kier molecular flexibility index (Phi) is 4.86. The summed E-state index contributed by atoms with van der Waals surface area (Å²) in [4.78, 5) is 4.25. The Morgan fingerprint density at radius 1 is 1.00 bits per heavy atom. The minimum absolute atomic E-state index is 0.0132. The molecule has 1 aromatic heterocycles. The van der Waals surface area contributed by atoms with Crippen LogP contribution in [-0.4, -0.2) is 49.2 Å². The molecule has 0 atom stereocenters. The van der Waals surface area contributed by atoms with Gasteiger partial charge in [0, 0.05) is 24.7 Å². The number of halogens is 3. The summed E-state index contributed by atoms with van der Waals surface area (Å²) < 4.78 is 81.9. The third-order valence-corrected chi connectivity index (χ3v) is 7.07. The lowest BCUT2D eigenvalue weighted by atomic mass is 10.0. The molecule has 32 heavy (non-hydrogen) atoms. The number of sulfonamides is 1. The van der Waals surface area contributed by atoms with Gasteiger partial charge in [-0.2, -0.15) is 22.5 Å². The first-order valence-corrected chi connectivity index (χ1v) is 11.1. The van der Waals surface area contributed by atoms with E-state index in [-0.39, 0.29) is 41.2 Å². The molecule has 3 heterocycles. The average Bonchev–Trinajstić information content (AvgIpc) is 3.21. The molecule has 0 radical (unpaired) electrons. The van der Waals surface area contributed by atoms with Crippen molar-refractivity contribution in [3.05, 3.63) is 53.9 Å². The highest BCUT2D eigenvalue weighted by molar-refractivity contribution is 7.89. The molecular weight excluding hydrogens is 451 g/mol. The highest BCUT2D eigenvalue weighted by atomic mass is 32.2. The monoisotopic (exact) mass is 467 g/mol. The molecule has 1 fully saturated rings. The minimum Gasteiger partial charge on any atom is -0.486 e. The Labute approximate surface area is 180 Å². The van der Waals surface area contributed by atoms with E-state index in [1.807, 2.05) is 0 Å². The number of hydrogen-bond donors (Lipinski definition) is 0. The zero-order valence-electron chi connectivity index (χ0n) is 16.4. The van der Waals surface area contributed by atoms with E-state index in [9.17, 15) is 21.6 Å². The van der Waals surface area contributed by atoms with E-state index in [1.165, 1.54) is 28.6 Å². The Bertz CT molecular complexity index is 1270. The summed E-state index contributed by atoms with van der Waals surface area (Å²) in [5.74, 6) is 0.695. The molecule has 0 saturated carbocycles. The summed E-state index contributed by atoms with van der Waals surface area (Å²) in [6.07, 6.45) is -4.49. The number of alkyl halides is 3. The first kappa shape index (κ1) is 20.8. The number of rotatable bonds is 4. The fourth-order valence-electron chi connectivity index (χ4n) is 3.48. The van der Waals surface area contributed by atoms with Crippen LogP contribution in [0.2, 0.25) is 0 Å². The number of hydrogen-bond acceptors (Lipinski definition) is 7. The molecule has 5 rings (SSSR count). The molecule has 3 aromatic rings. The van der Waals surface area contributed by atoms with Crippen LogP contribution in [-0.2, 0) is 16.2 Å². The molecular formula is C20H16F3N3O5S. The molecule has 2 aliphatic rings. The molecule has 12 heteroatoms. The van der Waals surface area contributed by atoms with Crippen LogP contribution in [0.4, 0.5) is 13.2 Å². The van der Waals surface area contributed by atoms with Crippen molar-refractivity contribution in [2.75, 3.05) is 26.3 Å². The second kappa shape index (κ2) is 7.48. The van der Waals surface area contributed by atoms with E-state index in [1.54, 1.807) is 6.07 Å². The average molecular weight is 467 g/mol. The molecule has 1 saturated heterocycles. The van der Waals surface area contributed by atoms with Crippen LogP contribution >= 0.6 is 0 Å². The van der Waals surface area contributed by atoms with Crippen molar-refractivity contribution in [2.24, 2.45) is 0 Å². The number of aromatic nitrogens is 2. The van der Waals surface area contributed by atoms with Crippen molar-refractivity contribution < 1.29 is 35.6 Å². The van der Waals surface area contributed by atoms with Gasteiger partial charge >= 0.3 is 6.18 Å². The van der Waals surface area contributed by atoms with Gasteiger partial charge in [0.1, 0.15) is 13.2 Å². The Balaban J connectivity index is 1.30. The van der Waals surface area contributed by atoms with Gasteiger partial charge in [-0.15, -0.1) is 0 Å². The van der Waals surface area contributed by atoms with E-state index < -0.39 is 21.8 Å². The van der Waals surface area contributed by atoms with Gasteiger partial charge < -0.3 is 14.0 Å². The fraction of sp³-hybridized carbons (Fsp3) is 0.300. The van der Waals surface area contributed by atoms with Crippen LogP contribution in [0.1, 0.15) is 17.4 Å². The summed E-state index contributed by atoms with van der Waals surface area (Å²) in [5.41, 5.74) is -0.656. The summed E-state index contributed by atoms with van der Waals surface area (Å²) in [6.45, 7) is 0.967. The van der Waals surface area contributed by atoms with Crippen LogP contribution in [0.5, 0.6) is 11.5 Å². The molecule has 2 aliphatic heterocycles.